The summed E-state index contributed by atoms with van der Waals surface area (Å²) < 4.78 is 16.1. The number of fused-ring (bicyclic) bond motifs is 2. The molecule has 1 amide bonds. The molecule has 1 fully saturated rings. The molecule has 0 aliphatic carbocycles. The van der Waals surface area contributed by atoms with Crippen molar-refractivity contribution in [3.63, 3.8) is 0 Å². The lowest BCUT2D eigenvalue weighted by molar-refractivity contribution is 0.102. The van der Waals surface area contributed by atoms with Crippen molar-refractivity contribution in [2.45, 2.75) is 32.9 Å². The predicted molar refractivity (Wildman–Crippen MR) is 132 cm³/mol. The molecule has 2 aromatic carbocycles. The summed E-state index contributed by atoms with van der Waals surface area (Å²) in [5.41, 5.74) is 2.67. The van der Waals surface area contributed by atoms with E-state index in [0.717, 1.165) is 24.2 Å². The molecule has 0 radical (unpaired) electrons. The standard InChI is InChI=1S/C25H28FN7O/c1-14-11-33(12-15(2)32(14)5)22-7-6-19(24-20(22)10-27-16(3)28-24)25(34)29-18-8-17-13-31(4)30-23(17)21(26)9-18/h6-10,13-15H,11-12H2,1-5H3,(H,29,34). The number of carbonyl (C=O) groups excluding carboxylic acids is 1. The van der Waals surface area contributed by atoms with Gasteiger partial charge < -0.3 is 10.2 Å². The van der Waals surface area contributed by atoms with Crippen LogP contribution in [0.5, 0.6) is 0 Å². The monoisotopic (exact) mass is 461 g/mol. The minimum Gasteiger partial charge on any atom is -0.368 e. The molecule has 1 aliphatic heterocycles. The first kappa shape index (κ1) is 22.2. The molecule has 1 saturated heterocycles. The number of benzene rings is 2. The number of amides is 1. The number of piperazine rings is 1. The summed E-state index contributed by atoms with van der Waals surface area (Å²) >= 11 is 0. The average Bonchev–Trinajstić information content (AvgIpc) is 3.17. The number of aryl methyl sites for hydroxylation is 2. The first-order valence-corrected chi connectivity index (χ1v) is 11.4. The number of hydrogen-bond acceptors (Lipinski definition) is 6. The molecule has 2 unspecified atom stereocenters. The number of halogens is 1. The first-order chi connectivity index (χ1) is 16.2. The van der Waals surface area contributed by atoms with Crippen molar-refractivity contribution in [1.82, 2.24) is 24.6 Å². The number of anilines is 2. The summed E-state index contributed by atoms with van der Waals surface area (Å²) in [6, 6.07) is 7.55. The Morgan fingerprint density at radius 1 is 1.12 bits per heavy atom. The van der Waals surface area contributed by atoms with Gasteiger partial charge in [0.1, 0.15) is 11.3 Å². The molecule has 34 heavy (non-hydrogen) atoms. The van der Waals surface area contributed by atoms with Crippen molar-refractivity contribution >= 4 is 39.1 Å². The second-order valence-corrected chi connectivity index (χ2v) is 9.23. The van der Waals surface area contributed by atoms with Crippen LogP contribution in [0.15, 0.2) is 36.7 Å². The Kier molecular flexibility index (Phi) is 5.44. The highest BCUT2D eigenvalue weighted by molar-refractivity contribution is 6.14. The molecule has 0 saturated carbocycles. The molecule has 8 nitrogen and oxygen atoms in total. The Morgan fingerprint density at radius 3 is 2.59 bits per heavy atom. The van der Waals surface area contributed by atoms with Gasteiger partial charge in [0.25, 0.3) is 5.91 Å². The molecule has 0 bridgehead atoms. The van der Waals surface area contributed by atoms with Gasteiger partial charge in [0.2, 0.25) is 0 Å². The number of aromatic nitrogens is 4. The van der Waals surface area contributed by atoms with Crippen molar-refractivity contribution in [2.75, 3.05) is 30.4 Å². The molecule has 1 aliphatic rings. The summed E-state index contributed by atoms with van der Waals surface area (Å²) in [6.07, 6.45) is 3.51. The summed E-state index contributed by atoms with van der Waals surface area (Å²) in [4.78, 5) is 27.0. The number of carbonyl (C=O) groups is 1. The lowest BCUT2D eigenvalue weighted by Gasteiger charge is -2.43. The van der Waals surface area contributed by atoms with Gasteiger partial charge in [-0.05, 0) is 52.1 Å². The van der Waals surface area contributed by atoms with E-state index in [-0.39, 0.29) is 11.4 Å². The highest BCUT2D eigenvalue weighted by Gasteiger charge is 2.28. The van der Waals surface area contributed by atoms with Gasteiger partial charge in [-0.2, -0.15) is 5.10 Å². The lowest BCUT2D eigenvalue weighted by atomic mass is 10.0. The average molecular weight is 462 g/mol. The predicted octanol–water partition coefficient (Wildman–Crippen LogP) is 3.75. The molecule has 2 aromatic heterocycles. The Bertz CT molecular complexity index is 1400. The van der Waals surface area contributed by atoms with E-state index in [1.165, 1.54) is 6.07 Å². The normalized spacial score (nSPS) is 19.2. The van der Waals surface area contributed by atoms with E-state index < -0.39 is 5.82 Å². The van der Waals surface area contributed by atoms with Gasteiger partial charge in [-0.25, -0.2) is 14.4 Å². The number of rotatable bonds is 3. The highest BCUT2D eigenvalue weighted by atomic mass is 19.1. The summed E-state index contributed by atoms with van der Waals surface area (Å²) in [5.74, 6) is -0.246. The fourth-order valence-electron chi connectivity index (χ4n) is 4.74. The van der Waals surface area contributed by atoms with Crippen LogP contribution >= 0.6 is 0 Å². The quantitative estimate of drug-likeness (QED) is 0.501. The largest absolute Gasteiger partial charge is 0.368 e. The van der Waals surface area contributed by atoms with Gasteiger partial charge in [0.05, 0.1) is 11.1 Å². The molecule has 0 spiro atoms. The van der Waals surface area contributed by atoms with Crippen LogP contribution < -0.4 is 10.2 Å². The minimum absolute atomic E-state index is 0.273. The molecule has 3 heterocycles. The Hall–Kier alpha value is -3.59. The fraction of sp³-hybridized carbons (Fsp3) is 0.360. The van der Waals surface area contributed by atoms with E-state index >= 15 is 0 Å². The second kappa shape index (κ2) is 8.32. The molecule has 5 rings (SSSR count). The van der Waals surface area contributed by atoms with Crippen molar-refractivity contribution < 1.29 is 9.18 Å². The number of hydrogen-bond donors (Lipinski definition) is 1. The summed E-state index contributed by atoms with van der Waals surface area (Å²) in [6.45, 7) is 7.98. The maximum Gasteiger partial charge on any atom is 0.257 e. The van der Waals surface area contributed by atoms with Crippen LogP contribution in [0.1, 0.15) is 30.0 Å². The maximum absolute atomic E-state index is 14.5. The van der Waals surface area contributed by atoms with Crippen LogP contribution in [0, 0.1) is 12.7 Å². The van der Waals surface area contributed by atoms with Gasteiger partial charge >= 0.3 is 0 Å². The van der Waals surface area contributed by atoms with Gasteiger partial charge in [-0.3, -0.25) is 14.4 Å². The Labute approximate surface area is 197 Å². The van der Waals surface area contributed by atoms with E-state index in [1.54, 1.807) is 43.2 Å². The third-order valence-corrected chi connectivity index (χ3v) is 6.73. The lowest BCUT2D eigenvalue weighted by Crippen LogP contribution is -2.55. The Balaban J connectivity index is 1.52. The number of nitrogens with one attached hydrogen (secondary N) is 1. The number of nitrogens with zero attached hydrogens (tertiary/aromatic N) is 6. The van der Waals surface area contributed by atoms with Crippen molar-refractivity contribution in [3.8, 4) is 0 Å². The van der Waals surface area contributed by atoms with Crippen molar-refractivity contribution in [3.05, 3.63) is 53.9 Å². The molecular formula is C25H28FN7O. The van der Waals surface area contributed by atoms with Gasteiger partial charge in [0.15, 0.2) is 5.82 Å². The molecule has 9 heteroatoms. The smallest absolute Gasteiger partial charge is 0.257 e. The fourth-order valence-corrected chi connectivity index (χ4v) is 4.74. The molecule has 176 valence electrons. The van der Waals surface area contributed by atoms with Crippen LogP contribution in [-0.4, -0.2) is 62.8 Å². The number of likely N-dealkylation sites (N-methyl/N-ethyl adjacent to an activating group) is 1. The van der Waals surface area contributed by atoms with E-state index in [1.807, 2.05) is 6.07 Å². The van der Waals surface area contributed by atoms with Crippen LogP contribution in [0.2, 0.25) is 0 Å². The molecule has 1 N–H and O–H groups in total. The highest BCUT2D eigenvalue weighted by Crippen LogP contribution is 2.31. The maximum atomic E-state index is 14.5. The van der Waals surface area contributed by atoms with Crippen LogP contribution in [0.3, 0.4) is 0 Å². The van der Waals surface area contributed by atoms with E-state index in [9.17, 15) is 9.18 Å². The van der Waals surface area contributed by atoms with Crippen molar-refractivity contribution in [2.24, 2.45) is 7.05 Å². The van der Waals surface area contributed by atoms with Crippen LogP contribution in [-0.2, 0) is 7.05 Å². The molecule has 2 atom stereocenters. The molecular weight excluding hydrogens is 433 g/mol. The van der Waals surface area contributed by atoms with Crippen molar-refractivity contribution in [1.29, 1.82) is 0 Å². The third-order valence-electron chi connectivity index (χ3n) is 6.73. The SMILES string of the molecule is Cc1ncc2c(N3CC(C)N(C)C(C)C3)ccc(C(=O)Nc3cc(F)c4nn(C)cc4c3)c2n1. The second-order valence-electron chi connectivity index (χ2n) is 9.23. The van der Waals surface area contributed by atoms with E-state index in [4.69, 9.17) is 0 Å². The van der Waals surface area contributed by atoms with Crippen LogP contribution in [0.25, 0.3) is 21.8 Å². The summed E-state index contributed by atoms with van der Waals surface area (Å²) in [7, 11) is 3.88. The Morgan fingerprint density at radius 2 is 1.85 bits per heavy atom. The third kappa shape index (κ3) is 3.86. The zero-order chi connectivity index (χ0) is 24.1. The topological polar surface area (TPSA) is 79.2 Å². The first-order valence-electron chi connectivity index (χ1n) is 11.4. The van der Waals surface area contributed by atoms with Gasteiger partial charge in [0, 0.05) is 66.8 Å². The summed E-state index contributed by atoms with van der Waals surface area (Å²) in [5, 5.41) is 8.40. The van der Waals surface area contributed by atoms with E-state index in [0.29, 0.717) is 40.1 Å². The minimum atomic E-state index is -0.481. The van der Waals surface area contributed by atoms with E-state index in [2.05, 4.69) is 51.1 Å². The van der Waals surface area contributed by atoms with Crippen LogP contribution in [0.4, 0.5) is 15.8 Å². The van der Waals surface area contributed by atoms with Gasteiger partial charge in [-0.15, -0.1) is 0 Å². The van der Waals surface area contributed by atoms with Gasteiger partial charge in [-0.1, -0.05) is 0 Å². The molecule has 4 aromatic rings. The zero-order valence-electron chi connectivity index (χ0n) is 20.0. The zero-order valence-corrected chi connectivity index (χ0v) is 20.0.